The van der Waals surface area contributed by atoms with Gasteiger partial charge < -0.3 is 14.6 Å². The van der Waals surface area contributed by atoms with Crippen LogP contribution in [0, 0.1) is 0 Å². The third kappa shape index (κ3) is 4.85. The summed E-state index contributed by atoms with van der Waals surface area (Å²) in [4.78, 5) is 12.0. The summed E-state index contributed by atoms with van der Waals surface area (Å²) in [7, 11) is 1.65. The highest BCUT2D eigenvalue weighted by atomic mass is 32.2. The highest BCUT2D eigenvalue weighted by Gasteiger charge is 2.12. The number of benzene rings is 1. The maximum absolute atomic E-state index is 12.0. The van der Waals surface area contributed by atoms with Gasteiger partial charge in [-0.05, 0) is 12.5 Å². The Morgan fingerprint density at radius 1 is 1.41 bits per heavy atom. The molecule has 1 aromatic heterocycles. The number of nitrogens with one attached hydrogen (secondary N) is 1. The number of ether oxygens (including phenoxy) is 1. The zero-order valence-electron chi connectivity index (χ0n) is 12.7. The highest BCUT2D eigenvalue weighted by molar-refractivity contribution is 7.99. The summed E-state index contributed by atoms with van der Waals surface area (Å²) in [5, 5.41) is 11.6. The van der Waals surface area contributed by atoms with Gasteiger partial charge in [-0.25, -0.2) is 0 Å². The van der Waals surface area contributed by atoms with Gasteiger partial charge in [0.05, 0.1) is 18.4 Å². The highest BCUT2D eigenvalue weighted by Crippen LogP contribution is 2.16. The van der Waals surface area contributed by atoms with Crippen molar-refractivity contribution in [2.24, 2.45) is 0 Å². The first-order chi connectivity index (χ1) is 10.7. The van der Waals surface area contributed by atoms with E-state index in [0.717, 1.165) is 10.7 Å². The Morgan fingerprint density at radius 2 is 2.18 bits per heavy atom. The summed E-state index contributed by atoms with van der Waals surface area (Å²) in [6, 6.07) is 9.87. The van der Waals surface area contributed by atoms with Crippen LogP contribution in [-0.4, -0.2) is 40.1 Å². The predicted octanol–water partition coefficient (Wildman–Crippen LogP) is 1.89. The van der Waals surface area contributed by atoms with Crippen molar-refractivity contribution < 1.29 is 9.53 Å². The van der Waals surface area contributed by atoms with E-state index in [4.69, 9.17) is 4.74 Å². The minimum atomic E-state index is -0.0253. The second-order valence-electron chi connectivity index (χ2n) is 4.79. The number of thioether (sulfide) groups is 1. The van der Waals surface area contributed by atoms with Crippen LogP contribution < -0.4 is 5.32 Å². The first-order valence-corrected chi connectivity index (χ1v) is 8.03. The van der Waals surface area contributed by atoms with Gasteiger partial charge in [-0.15, -0.1) is 10.2 Å². The van der Waals surface area contributed by atoms with Crippen molar-refractivity contribution >= 4 is 17.7 Å². The lowest BCUT2D eigenvalue weighted by atomic mass is 10.1. The minimum Gasteiger partial charge on any atom is -0.383 e. The van der Waals surface area contributed by atoms with E-state index in [1.807, 2.05) is 41.8 Å². The van der Waals surface area contributed by atoms with Crippen molar-refractivity contribution in [3.8, 4) is 0 Å². The van der Waals surface area contributed by atoms with Crippen molar-refractivity contribution in [3.05, 3.63) is 42.2 Å². The molecule has 0 saturated carbocycles. The molecule has 6 nitrogen and oxygen atoms in total. The fourth-order valence-corrected chi connectivity index (χ4v) is 2.69. The van der Waals surface area contributed by atoms with E-state index in [1.54, 1.807) is 13.4 Å². The van der Waals surface area contributed by atoms with Gasteiger partial charge in [-0.2, -0.15) is 0 Å². The zero-order valence-corrected chi connectivity index (χ0v) is 13.5. The van der Waals surface area contributed by atoms with Crippen molar-refractivity contribution in [1.29, 1.82) is 0 Å². The van der Waals surface area contributed by atoms with E-state index in [1.165, 1.54) is 11.8 Å². The van der Waals surface area contributed by atoms with E-state index in [2.05, 4.69) is 15.5 Å². The molecule has 2 aromatic rings. The molecule has 1 amide bonds. The molecule has 0 aliphatic heterocycles. The summed E-state index contributed by atoms with van der Waals surface area (Å²) < 4.78 is 6.91. The molecule has 0 aliphatic carbocycles. The van der Waals surface area contributed by atoms with Crippen LogP contribution in [0.15, 0.2) is 41.8 Å². The molecule has 1 unspecified atom stereocenters. The number of carbonyl (C=O) groups is 1. The van der Waals surface area contributed by atoms with E-state index < -0.39 is 0 Å². The smallest absolute Gasteiger partial charge is 0.230 e. The van der Waals surface area contributed by atoms with E-state index >= 15 is 0 Å². The monoisotopic (exact) mass is 320 g/mol. The second-order valence-corrected chi connectivity index (χ2v) is 5.73. The number of carbonyl (C=O) groups excluding carboxylic acids is 1. The molecule has 0 fully saturated rings. The number of hydrogen-bond acceptors (Lipinski definition) is 5. The largest absolute Gasteiger partial charge is 0.383 e. The Bertz CT molecular complexity index is 588. The molecule has 1 atom stereocenters. The lowest BCUT2D eigenvalue weighted by Gasteiger charge is -2.14. The summed E-state index contributed by atoms with van der Waals surface area (Å²) >= 11 is 1.37. The Hall–Kier alpha value is -1.86. The first-order valence-electron chi connectivity index (χ1n) is 7.04. The molecular formula is C15H20N4O2S. The summed E-state index contributed by atoms with van der Waals surface area (Å²) in [6.07, 6.45) is 1.64. The summed E-state index contributed by atoms with van der Waals surface area (Å²) in [6.45, 7) is 3.23. The van der Waals surface area contributed by atoms with Gasteiger partial charge in [0.2, 0.25) is 5.91 Å². The number of amides is 1. The predicted molar refractivity (Wildman–Crippen MR) is 85.6 cm³/mol. The lowest BCUT2D eigenvalue weighted by molar-refractivity contribution is -0.119. The van der Waals surface area contributed by atoms with E-state index in [9.17, 15) is 4.79 Å². The topological polar surface area (TPSA) is 69.0 Å². The Morgan fingerprint density at radius 3 is 2.91 bits per heavy atom. The van der Waals surface area contributed by atoms with Crippen LogP contribution in [0.25, 0.3) is 0 Å². The van der Waals surface area contributed by atoms with Gasteiger partial charge in [0, 0.05) is 13.7 Å². The number of nitrogens with zero attached hydrogens (tertiary/aromatic N) is 3. The van der Waals surface area contributed by atoms with Gasteiger partial charge in [-0.3, -0.25) is 4.79 Å². The zero-order chi connectivity index (χ0) is 15.8. The van der Waals surface area contributed by atoms with Crippen LogP contribution in [-0.2, 0) is 16.1 Å². The van der Waals surface area contributed by atoms with Gasteiger partial charge in [0.1, 0.15) is 6.33 Å². The van der Waals surface area contributed by atoms with Crippen LogP contribution in [0.1, 0.15) is 18.5 Å². The van der Waals surface area contributed by atoms with Crippen molar-refractivity contribution in [1.82, 2.24) is 20.1 Å². The molecule has 1 heterocycles. The number of rotatable bonds is 8. The average molecular weight is 320 g/mol. The molecule has 0 radical (unpaired) electrons. The molecule has 2 rings (SSSR count). The number of methoxy groups -OCH3 is 1. The minimum absolute atomic E-state index is 0.0133. The van der Waals surface area contributed by atoms with Crippen LogP contribution >= 0.6 is 11.8 Å². The van der Waals surface area contributed by atoms with Crippen LogP contribution in [0.3, 0.4) is 0 Å². The quantitative estimate of drug-likeness (QED) is 0.752. The average Bonchev–Trinajstić information content (AvgIpc) is 2.99. The molecular weight excluding hydrogens is 300 g/mol. The summed E-state index contributed by atoms with van der Waals surface area (Å²) in [5.74, 6) is 0.283. The molecule has 0 saturated heterocycles. The fourth-order valence-electron chi connectivity index (χ4n) is 1.94. The number of aromatic nitrogens is 3. The molecule has 0 spiro atoms. The third-order valence-corrected chi connectivity index (χ3v) is 4.11. The lowest BCUT2D eigenvalue weighted by Crippen LogP contribution is -2.28. The van der Waals surface area contributed by atoms with E-state index in [-0.39, 0.29) is 11.9 Å². The Balaban J connectivity index is 1.82. The second kappa shape index (κ2) is 8.55. The van der Waals surface area contributed by atoms with Crippen molar-refractivity contribution in [3.63, 3.8) is 0 Å². The Kier molecular flexibility index (Phi) is 6.42. The normalized spacial score (nSPS) is 12.1. The molecule has 22 heavy (non-hydrogen) atoms. The molecule has 7 heteroatoms. The van der Waals surface area contributed by atoms with Gasteiger partial charge in [0.25, 0.3) is 0 Å². The standard InChI is InChI=1S/C15H20N4O2S/c1-12(13-6-4-3-5-7-13)17-14(20)10-22-15-18-16-11-19(15)8-9-21-2/h3-7,11-12H,8-10H2,1-2H3,(H,17,20). The molecule has 0 aliphatic rings. The van der Waals surface area contributed by atoms with Crippen LogP contribution in [0.2, 0.25) is 0 Å². The Labute approximate surface area is 134 Å². The van der Waals surface area contributed by atoms with E-state index in [0.29, 0.717) is 18.9 Å². The van der Waals surface area contributed by atoms with Gasteiger partial charge >= 0.3 is 0 Å². The van der Waals surface area contributed by atoms with Crippen molar-refractivity contribution in [2.75, 3.05) is 19.5 Å². The molecule has 1 N–H and O–H groups in total. The van der Waals surface area contributed by atoms with Crippen molar-refractivity contribution in [2.45, 2.75) is 24.7 Å². The van der Waals surface area contributed by atoms with Gasteiger partial charge in [0.15, 0.2) is 5.16 Å². The van der Waals surface area contributed by atoms with Crippen LogP contribution in [0.4, 0.5) is 0 Å². The fraction of sp³-hybridized carbons (Fsp3) is 0.400. The molecule has 0 bridgehead atoms. The molecule has 1 aromatic carbocycles. The maximum Gasteiger partial charge on any atom is 0.230 e. The SMILES string of the molecule is COCCn1cnnc1SCC(=O)NC(C)c1ccccc1. The first kappa shape index (κ1) is 16.5. The summed E-state index contributed by atoms with van der Waals surface area (Å²) in [5.41, 5.74) is 1.09. The van der Waals surface area contributed by atoms with Crippen LogP contribution in [0.5, 0.6) is 0 Å². The number of hydrogen-bond donors (Lipinski definition) is 1. The molecule has 118 valence electrons. The van der Waals surface area contributed by atoms with Gasteiger partial charge in [-0.1, -0.05) is 42.1 Å². The maximum atomic E-state index is 12.0. The third-order valence-electron chi connectivity index (χ3n) is 3.13.